The molecule has 2 aromatic rings. The topological polar surface area (TPSA) is 72.9 Å². The number of rotatable bonds is 3. The van der Waals surface area contributed by atoms with E-state index in [1.807, 2.05) is 0 Å². The molecule has 1 aliphatic rings. The summed E-state index contributed by atoms with van der Waals surface area (Å²) in [6.45, 7) is 0. The van der Waals surface area contributed by atoms with Crippen LogP contribution in [0.2, 0.25) is 0 Å². The van der Waals surface area contributed by atoms with Crippen LogP contribution in [0.5, 0.6) is 11.5 Å². The number of ether oxygens (including phenoxy) is 2. The Hall–Kier alpha value is -2.80. The Morgan fingerprint density at radius 2 is 1.72 bits per heavy atom. The lowest BCUT2D eigenvalue weighted by Gasteiger charge is -2.28. The van der Waals surface area contributed by atoms with Gasteiger partial charge in [0.25, 0.3) is 10.0 Å². The number of carbonyl (C=O) groups excluding carboxylic acids is 1. The summed E-state index contributed by atoms with van der Waals surface area (Å²) in [5.74, 6) is 0.554. The van der Waals surface area contributed by atoms with Gasteiger partial charge in [0, 0.05) is 18.2 Å². The van der Waals surface area contributed by atoms with Gasteiger partial charge in [-0.15, -0.1) is 0 Å². The zero-order chi connectivity index (χ0) is 18.2. The lowest BCUT2D eigenvalue weighted by Crippen LogP contribution is -2.36. The minimum atomic E-state index is -3.79. The van der Waals surface area contributed by atoms with Gasteiger partial charge in [-0.1, -0.05) is 24.3 Å². The summed E-state index contributed by atoms with van der Waals surface area (Å²) in [5, 5.41) is 0. The van der Waals surface area contributed by atoms with E-state index in [4.69, 9.17) is 9.47 Å². The van der Waals surface area contributed by atoms with Crippen LogP contribution in [0.25, 0.3) is 6.08 Å². The largest absolute Gasteiger partial charge is 0.493 e. The van der Waals surface area contributed by atoms with E-state index >= 15 is 0 Å². The molecular weight excluding hydrogens is 342 g/mol. The molecule has 25 heavy (non-hydrogen) atoms. The highest BCUT2D eigenvalue weighted by molar-refractivity contribution is 7.89. The van der Waals surface area contributed by atoms with Gasteiger partial charge in [0.2, 0.25) is 5.78 Å². The minimum Gasteiger partial charge on any atom is -0.493 e. The fourth-order valence-electron chi connectivity index (χ4n) is 2.77. The summed E-state index contributed by atoms with van der Waals surface area (Å²) >= 11 is 0. The molecule has 7 heteroatoms. The number of ketones is 1. The zero-order valence-electron chi connectivity index (χ0n) is 14.0. The van der Waals surface area contributed by atoms with E-state index < -0.39 is 10.0 Å². The van der Waals surface area contributed by atoms with E-state index in [1.54, 1.807) is 30.3 Å². The second-order valence-electron chi connectivity index (χ2n) is 5.41. The van der Waals surface area contributed by atoms with Gasteiger partial charge in [-0.05, 0) is 24.3 Å². The SMILES string of the molecule is COc1cccc(/C=C2/C(=O)c3ccccc3S(=O)(=O)N2C)c1OC. The molecule has 0 amide bonds. The van der Waals surface area contributed by atoms with Crippen LogP contribution >= 0.6 is 0 Å². The molecule has 2 aromatic carbocycles. The highest BCUT2D eigenvalue weighted by Crippen LogP contribution is 2.36. The van der Waals surface area contributed by atoms with Crippen molar-refractivity contribution in [2.24, 2.45) is 0 Å². The van der Waals surface area contributed by atoms with E-state index in [-0.39, 0.29) is 21.9 Å². The molecule has 0 bridgehead atoms. The highest BCUT2D eigenvalue weighted by Gasteiger charge is 2.37. The number of Topliss-reactive ketones (excluding diaryl/α,β-unsaturated/α-hetero) is 1. The van der Waals surface area contributed by atoms with Crippen LogP contribution in [-0.4, -0.2) is 39.8 Å². The van der Waals surface area contributed by atoms with Crippen LogP contribution in [0.15, 0.2) is 53.1 Å². The molecule has 0 saturated heterocycles. The smallest absolute Gasteiger partial charge is 0.264 e. The molecule has 0 radical (unpaired) electrons. The second-order valence-corrected chi connectivity index (χ2v) is 7.35. The van der Waals surface area contributed by atoms with Crippen molar-refractivity contribution in [1.82, 2.24) is 4.31 Å². The number of methoxy groups -OCH3 is 2. The van der Waals surface area contributed by atoms with Crippen molar-refractivity contribution < 1.29 is 22.7 Å². The molecule has 1 heterocycles. The summed E-state index contributed by atoms with van der Waals surface area (Å²) in [4.78, 5) is 12.8. The first-order valence-electron chi connectivity index (χ1n) is 7.47. The Labute approximate surface area is 146 Å². The zero-order valence-corrected chi connectivity index (χ0v) is 14.8. The van der Waals surface area contributed by atoms with Crippen LogP contribution in [0.1, 0.15) is 15.9 Å². The van der Waals surface area contributed by atoms with Crippen molar-refractivity contribution in [2.75, 3.05) is 21.3 Å². The monoisotopic (exact) mass is 359 g/mol. The summed E-state index contributed by atoms with van der Waals surface area (Å²) < 4.78 is 37.0. The predicted octanol–water partition coefficient (Wildman–Crippen LogP) is 2.56. The summed E-state index contributed by atoms with van der Waals surface area (Å²) in [6, 6.07) is 11.4. The van der Waals surface area contributed by atoms with E-state index in [2.05, 4.69) is 0 Å². The van der Waals surface area contributed by atoms with Gasteiger partial charge in [-0.3, -0.25) is 9.10 Å². The number of carbonyl (C=O) groups is 1. The lowest BCUT2D eigenvalue weighted by atomic mass is 10.0. The van der Waals surface area contributed by atoms with Crippen LogP contribution in [-0.2, 0) is 10.0 Å². The summed E-state index contributed by atoms with van der Waals surface area (Å²) in [7, 11) is 0.568. The minimum absolute atomic E-state index is 0.0113. The number of allylic oxidation sites excluding steroid dienone is 1. The average molecular weight is 359 g/mol. The maximum atomic E-state index is 12.8. The highest BCUT2D eigenvalue weighted by atomic mass is 32.2. The average Bonchev–Trinajstić information content (AvgIpc) is 2.63. The first-order chi connectivity index (χ1) is 11.9. The van der Waals surface area contributed by atoms with Crippen LogP contribution in [0.3, 0.4) is 0 Å². The fourth-order valence-corrected chi connectivity index (χ4v) is 4.15. The molecule has 0 unspecified atom stereocenters. The van der Waals surface area contributed by atoms with Gasteiger partial charge in [0.15, 0.2) is 11.5 Å². The van der Waals surface area contributed by atoms with Crippen LogP contribution < -0.4 is 9.47 Å². The normalized spacial score (nSPS) is 17.3. The third-order valence-corrected chi connectivity index (χ3v) is 5.90. The maximum absolute atomic E-state index is 12.8. The predicted molar refractivity (Wildman–Crippen MR) is 93.2 cm³/mol. The van der Waals surface area contributed by atoms with E-state index in [9.17, 15) is 13.2 Å². The van der Waals surface area contributed by atoms with E-state index in [0.717, 1.165) is 4.31 Å². The fraction of sp³-hybridized carbons (Fsp3) is 0.167. The Morgan fingerprint density at radius 1 is 1.00 bits per heavy atom. The molecule has 0 N–H and O–H groups in total. The van der Waals surface area contributed by atoms with Crippen molar-refractivity contribution in [2.45, 2.75) is 4.90 Å². The van der Waals surface area contributed by atoms with Crippen molar-refractivity contribution in [3.05, 3.63) is 59.3 Å². The first-order valence-corrected chi connectivity index (χ1v) is 8.91. The standard InChI is InChI=1S/C18H17NO5S/c1-19-14(11-12-7-6-9-15(23-2)18(12)24-3)17(20)13-8-4-5-10-16(13)25(19,21)22/h4-11H,1-3H3/b14-11-. The molecule has 6 nitrogen and oxygen atoms in total. The maximum Gasteiger partial charge on any atom is 0.264 e. The summed E-state index contributed by atoms with van der Waals surface area (Å²) in [5.41, 5.74) is 0.755. The van der Waals surface area contributed by atoms with Crippen LogP contribution in [0, 0.1) is 0 Å². The lowest BCUT2D eigenvalue weighted by molar-refractivity contribution is 0.101. The van der Waals surface area contributed by atoms with Crippen molar-refractivity contribution >= 4 is 21.9 Å². The molecule has 0 aromatic heterocycles. The third-order valence-electron chi connectivity index (χ3n) is 4.07. The Morgan fingerprint density at radius 3 is 2.40 bits per heavy atom. The van der Waals surface area contributed by atoms with Crippen molar-refractivity contribution in [1.29, 1.82) is 0 Å². The Balaban J connectivity index is 2.22. The molecule has 0 fully saturated rings. The molecule has 3 rings (SSSR count). The van der Waals surface area contributed by atoms with Gasteiger partial charge in [0.1, 0.15) is 5.70 Å². The molecule has 130 valence electrons. The number of nitrogens with zero attached hydrogens (tertiary/aromatic N) is 1. The number of sulfonamides is 1. The van der Waals surface area contributed by atoms with Gasteiger partial charge >= 0.3 is 0 Å². The number of likely N-dealkylation sites (N-methyl/N-ethyl adjacent to an activating group) is 1. The molecule has 0 spiro atoms. The molecular formula is C18H17NO5S. The van der Waals surface area contributed by atoms with Gasteiger partial charge in [0.05, 0.1) is 19.1 Å². The summed E-state index contributed by atoms with van der Waals surface area (Å²) in [6.07, 6.45) is 1.50. The molecule has 0 atom stereocenters. The van der Waals surface area contributed by atoms with Crippen molar-refractivity contribution in [3.63, 3.8) is 0 Å². The van der Waals surface area contributed by atoms with E-state index in [1.165, 1.54) is 39.5 Å². The van der Waals surface area contributed by atoms with Gasteiger partial charge < -0.3 is 9.47 Å². The Kier molecular flexibility index (Phi) is 4.26. The van der Waals surface area contributed by atoms with Gasteiger partial charge in [-0.2, -0.15) is 0 Å². The first kappa shape index (κ1) is 17.0. The number of para-hydroxylation sites is 1. The van der Waals surface area contributed by atoms with Crippen LogP contribution in [0.4, 0.5) is 0 Å². The van der Waals surface area contributed by atoms with E-state index in [0.29, 0.717) is 17.1 Å². The van der Waals surface area contributed by atoms with Crippen molar-refractivity contribution in [3.8, 4) is 11.5 Å². The van der Waals surface area contributed by atoms with Gasteiger partial charge in [-0.25, -0.2) is 8.42 Å². The quantitative estimate of drug-likeness (QED) is 0.788. The number of fused-ring (bicyclic) bond motifs is 1. The molecule has 0 aliphatic carbocycles. The number of benzene rings is 2. The number of hydrogen-bond acceptors (Lipinski definition) is 5. The third kappa shape index (κ3) is 2.66. The second kappa shape index (κ2) is 6.25. The molecule has 1 aliphatic heterocycles. The number of hydrogen-bond donors (Lipinski definition) is 0. The Bertz CT molecular complexity index is 979. The molecule has 0 saturated carbocycles.